The van der Waals surface area contributed by atoms with Crippen molar-refractivity contribution in [2.45, 2.75) is 12.3 Å². The highest BCUT2D eigenvalue weighted by Crippen LogP contribution is 2.28. The van der Waals surface area contributed by atoms with Crippen LogP contribution in [0, 0.1) is 0 Å². The lowest BCUT2D eigenvalue weighted by molar-refractivity contribution is 0.282. The molecule has 0 aliphatic rings. The molecule has 0 aliphatic heterocycles. The molecule has 21 heavy (non-hydrogen) atoms. The van der Waals surface area contributed by atoms with Gasteiger partial charge in [0.15, 0.2) is 11.5 Å². The largest absolute Gasteiger partial charge is 0.493 e. The predicted molar refractivity (Wildman–Crippen MR) is 88.0 cm³/mol. The van der Waals surface area contributed by atoms with E-state index in [2.05, 4.69) is 0 Å². The molecule has 1 atom stereocenters. The van der Waals surface area contributed by atoms with Crippen LogP contribution in [0.5, 0.6) is 11.5 Å². The van der Waals surface area contributed by atoms with Gasteiger partial charge >= 0.3 is 0 Å². The van der Waals surface area contributed by atoms with Gasteiger partial charge in [0.2, 0.25) is 0 Å². The van der Waals surface area contributed by atoms with Gasteiger partial charge in [-0.1, -0.05) is 35.9 Å². The van der Waals surface area contributed by atoms with Crippen molar-refractivity contribution in [3.63, 3.8) is 0 Å². The van der Waals surface area contributed by atoms with Gasteiger partial charge in [0.25, 0.3) is 0 Å². The first-order valence-corrected chi connectivity index (χ1v) is 7.73. The minimum Gasteiger partial charge on any atom is -0.493 e. The second-order valence-corrected chi connectivity index (χ2v) is 5.44. The minimum atomic E-state index is 0.249. The van der Waals surface area contributed by atoms with Crippen LogP contribution in [0.15, 0.2) is 48.5 Å². The minimum absolute atomic E-state index is 0.249. The van der Waals surface area contributed by atoms with Crippen molar-refractivity contribution in [3.8, 4) is 11.5 Å². The van der Waals surface area contributed by atoms with Crippen molar-refractivity contribution in [2.24, 2.45) is 0 Å². The third kappa shape index (κ3) is 4.55. The van der Waals surface area contributed by atoms with E-state index >= 15 is 0 Å². The van der Waals surface area contributed by atoms with Crippen molar-refractivity contribution in [3.05, 3.63) is 59.1 Å². The van der Waals surface area contributed by atoms with E-state index < -0.39 is 0 Å². The second kappa shape index (κ2) is 8.16. The Morgan fingerprint density at radius 1 is 1.00 bits per heavy atom. The van der Waals surface area contributed by atoms with Gasteiger partial charge in [-0.3, -0.25) is 0 Å². The van der Waals surface area contributed by atoms with Gasteiger partial charge in [-0.05, 0) is 36.2 Å². The summed E-state index contributed by atoms with van der Waals surface area (Å²) in [6.07, 6.45) is 0.836. The molecule has 2 nitrogen and oxygen atoms in total. The molecular formula is C17H18Cl2O2. The standard InChI is InChI=1S/C17H18Cl2O2/c1-20-16-4-2-3-5-17(16)21-11-10-14(12-18)13-6-8-15(19)9-7-13/h2-9,14H,10-12H2,1H3. The highest BCUT2D eigenvalue weighted by Gasteiger charge is 2.11. The van der Waals surface area contributed by atoms with E-state index in [0.29, 0.717) is 12.5 Å². The molecule has 2 aromatic carbocycles. The Balaban J connectivity index is 1.93. The summed E-state index contributed by atoms with van der Waals surface area (Å²) in [5, 5.41) is 0.734. The SMILES string of the molecule is COc1ccccc1OCCC(CCl)c1ccc(Cl)cc1. The monoisotopic (exact) mass is 324 g/mol. The van der Waals surface area contributed by atoms with Crippen molar-refractivity contribution < 1.29 is 9.47 Å². The Morgan fingerprint density at radius 2 is 1.67 bits per heavy atom. The maximum atomic E-state index is 6.07. The summed E-state index contributed by atoms with van der Waals surface area (Å²) in [5.74, 6) is 2.30. The molecule has 0 N–H and O–H groups in total. The fourth-order valence-electron chi connectivity index (χ4n) is 2.12. The molecule has 0 aromatic heterocycles. The number of rotatable bonds is 7. The van der Waals surface area contributed by atoms with E-state index in [1.54, 1.807) is 7.11 Å². The molecule has 1 unspecified atom stereocenters. The first-order valence-electron chi connectivity index (χ1n) is 6.82. The maximum absolute atomic E-state index is 6.07. The summed E-state index contributed by atoms with van der Waals surface area (Å²) in [6.45, 7) is 0.584. The fourth-order valence-corrected chi connectivity index (χ4v) is 2.58. The molecule has 0 heterocycles. The molecule has 0 spiro atoms. The number of methoxy groups -OCH3 is 1. The lowest BCUT2D eigenvalue weighted by Crippen LogP contribution is -2.07. The van der Waals surface area contributed by atoms with Gasteiger partial charge in [0.05, 0.1) is 13.7 Å². The molecule has 0 bridgehead atoms. The number of hydrogen-bond acceptors (Lipinski definition) is 2. The average molecular weight is 325 g/mol. The van der Waals surface area contributed by atoms with Crippen LogP contribution < -0.4 is 9.47 Å². The van der Waals surface area contributed by atoms with Gasteiger partial charge in [-0.2, -0.15) is 0 Å². The Kier molecular flexibility index (Phi) is 6.21. The third-order valence-corrected chi connectivity index (χ3v) is 3.95. The Bertz CT molecular complexity index is 555. The first kappa shape index (κ1) is 16.0. The number of halogens is 2. The third-order valence-electron chi connectivity index (χ3n) is 3.32. The zero-order valence-corrected chi connectivity index (χ0v) is 13.4. The van der Waals surface area contributed by atoms with Crippen molar-refractivity contribution >= 4 is 23.2 Å². The van der Waals surface area contributed by atoms with E-state index in [-0.39, 0.29) is 5.92 Å². The Morgan fingerprint density at radius 3 is 2.29 bits per heavy atom. The van der Waals surface area contributed by atoms with Crippen LogP contribution in [0.2, 0.25) is 5.02 Å². The van der Waals surface area contributed by atoms with Crippen LogP contribution in [-0.2, 0) is 0 Å². The number of para-hydroxylation sites is 2. The van der Waals surface area contributed by atoms with E-state index in [9.17, 15) is 0 Å². The zero-order valence-electron chi connectivity index (χ0n) is 11.9. The summed E-state index contributed by atoms with van der Waals surface area (Å²) >= 11 is 12.0. The van der Waals surface area contributed by atoms with Crippen molar-refractivity contribution in [2.75, 3.05) is 19.6 Å². The van der Waals surface area contributed by atoms with E-state index in [1.807, 2.05) is 48.5 Å². The van der Waals surface area contributed by atoms with Gasteiger partial charge < -0.3 is 9.47 Å². The molecular weight excluding hydrogens is 307 g/mol. The first-order chi connectivity index (χ1) is 10.2. The molecule has 0 amide bonds. The van der Waals surface area contributed by atoms with Crippen LogP contribution in [0.4, 0.5) is 0 Å². The molecule has 2 rings (SSSR count). The molecule has 0 fully saturated rings. The van der Waals surface area contributed by atoms with E-state index in [4.69, 9.17) is 32.7 Å². The van der Waals surface area contributed by atoms with Gasteiger partial charge in [0, 0.05) is 16.8 Å². The summed E-state index contributed by atoms with van der Waals surface area (Å²) in [7, 11) is 1.64. The lowest BCUT2D eigenvalue weighted by Gasteiger charge is -2.16. The van der Waals surface area contributed by atoms with Crippen LogP contribution in [0.3, 0.4) is 0 Å². The highest BCUT2D eigenvalue weighted by atomic mass is 35.5. The molecule has 0 saturated heterocycles. The summed E-state index contributed by atoms with van der Waals surface area (Å²) in [5.41, 5.74) is 1.18. The highest BCUT2D eigenvalue weighted by molar-refractivity contribution is 6.30. The number of hydrogen-bond donors (Lipinski definition) is 0. The average Bonchev–Trinajstić information content (AvgIpc) is 2.53. The normalized spacial score (nSPS) is 12.0. The number of ether oxygens (including phenoxy) is 2. The van der Waals surface area contributed by atoms with Gasteiger partial charge in [-0.15, -0.1) is 11.6 Å². The quantitative estimate of drug-likeness (QED) is 0.656. The predicted octanol–water partition coefficient (Wildman–Crippen LogP) is 5.14. The van der Waals surface area contributed by atoms with Crippen LogP contribution >= 0.6 is 23.2 Å². The van der Waals surface area contributed by atoms with Crippen molar-refractivity contribution in [1.82, 2.24) is 0 Å². The summed E-state index contributed by atoms with van der Waals surface area (Å²) in [4.78, 5) is 0. The molecule has 0 radical (unpaired) electrons. The van der Waals surface area contributed by atoms with Gasteiger partial charge in [0.1, 0.15) is 0 Å². The van der Waals surface area contributed by atoms with Crippen LogP contribution in [0.25, 0.3) is 0 Å². The molecule has 2 aromatic rings. The van der Waals surface area contributed by atoms with Crippen LogP contribution in [0.1, 0.15) is 17.9 Å². The maximum Gasteiger partial charge on any atom is 0.161 e. The second-order valence-electron chi connectivity index (χ2n) is 4.69. The summed E-state index contributed by atoms with van der Waals surface area (Å²) < 4.78 is 11.1. The number of benzene rings is 2. The molecule has 0 saturated carbocycles. The zero-order chi connectivity index (χ0) is 15.1. The molecule has 0 aliphatic carbocycles. The molecule has 4 heteroatoms. The van der Waals surface area contributed by atoms with Crippen LogP contribution in [-0.4, -0.2) is 19.6 Å². The number of alkyl halides is 1. The van der Waals surface area contributed by atoms with Crippen molar-refractivity contribution in [1.29, 1.82) is 0 Å². The Labute approximate surface area is 135 Å². The Hall–Kier alpha value is -1.38. The van der Waals surface area contributed by atoms with E-state index in [0.717, 1.165) is 22.9 Å². The van der Waals surface area contributed by atoms with Gasteiger partial charge in [-0.25, -0.2) is 0 Å². The smallest absolute Gasteiger partial charge is 0.161 e. The topological polar surface area (TPSA) is 18.5 Å². The summed E-state index contributed by atoms with van der Waals surface area (Å²) in [6, 6.07) is 15.4. The molecule has 112 valence electrons. The lowest BCUT2D eigenvalue weighted by atomic mass is 9.98. The fraction of sp³-hybridized carbons (Fsp3) is 0.294. The van der Waals surface area contributed by atoms with E-state index in [1.165, 1.54) is 5.56 Å².